The molecule has 1 aliphatic heterocycles. The number of rotatable bonds is 5. The molecule has 1 rings (SSSR count). The summed E-state index contributed by atoms with van der Waals surface area (Å²) in [6.07, 6.45) is 2.05. The zero-order valence-corrected chi connectivity index (χ0v) is 11.2. The highest BCUT2D eigenvalue weighted by molar-refractivity contribution is 5.76. The Balaban J connectivity index is 2.36. The summed E-state index contributed by atoms with van der Waals surface area (Å²) < 4.78 is 5.49. The van der Waals surface area contributed by atoms with Gasteiger partial charge in [-0.25, -0.2) is 4.79 Å². The summed E-state index contributed by atoms with van der Waals surface area (Å²) in [6, 6.07) is -0.311. The maximum absolute atomic E-state index is 11.8. The maximum atomic E-state index is 11.8. The first-order chi connectivity index (χ1) is 8.41. The fourth-order valence-electron chi connectivity index (χ4n) is 1.97. The Kier molecular flexibility index (Phi) is 5.40. The molecular formula is C12H22N2O4. The Morgan fingerprint density at radius 3 is 2.67 bits per heavy atom. The first-order valence-electron chi connectivity index (χ1n) is 6.28. The van der Waals surface area contributed by atoms with Crippen LogP contribution in [0.3, 0.4) is 0 Å². The summed E-state index contributed by atoms with van der Waals surface area (Å²) in [6.45, 7) is 4.42. The third-order valence-electron chi connectivity index (χ3n) is 3.19. The van der Waals surface area contributed by atoms with Crippen LogP contribution in [0.1, 0.15) is 26.7 Å². The van der Waals surface area contributed by atoms with Crippen LogP contribution in [0.25, 0.3) is 0 Å². The van der Waals surface area contributed by atoms with Crippen molar-refractivity contribution < 1.29 is 19.4 Å². The van der Waals surface area contributed by atoms with Gasteiger partial charge in [-0.2, -0.15) is 0 Å². The van der Waals surface area contributed by atoms with E-state index in [4.69, 9.17) is 9.84 Å². The number of hydrogen-bond donors (Lipinski definition) is 2. The second-order valence-corrected chi connectivity index (χ2v) is 4.91. The molecule has 18 heavy (non-hydrogen) atoms. The lowest BCUT2D eigenvalue weighted by Gasteiger charge is -2.25. The predicted molar refractivity (Wildman–Crippen MR) is 66.4 cm³/mol. The van der Waals surface area contributed by atoms with Crippen molar-refractivity contribution in [3.05, 3.63) is 0 Å². The smallest absolute Gasteiger partial charge is 0.317 e. The molecule has 1 saturated heterocycles. The van der Waals surface area contributed by atoms with Crippen LogP contribution in [-0.4, -0.2) is 54.4 Å². The summed E-state index contributed by atoms with van der Waals surface area (Å²) in [5, 5.41) is 11.6. The molecule has 0 saturated carbocycles. The number of carboxylic acid groups (broad SMARTS) is 1. The number of carbonyl (C=O) groups is 2. The first kappa shape index (κ1) is 14.8. The molecule has 0 spiro atoms. The van der Waals surface area contributed by atoms with E-state index in [1.807, 2.05) is 6.92 Å². The van der Waals surface area contributed by atoms with Gasteiger partial charge >= 0.3 is 12.0 Å². The molecule has 2 N–H and O–H groups in total. The third-order valence-corrected chi connectivity index (χ3v) is 3.19. The summed E-state index contributed by atoms with van der Waals surface area (Å²) >= 11 is 0. The van der Waals surface area contributed by atoms with E-state index in [0.717, 1.165) is 19.4 Å². The van der Waals surface area contributed by atoms with E-state index in [9.17, 15) is 9.59 Å². The van der Waals surface area contributed by atoms with Crippen LogP contribution in [0.2, 0.25) is 0 Å². The molecular weight excluding hydrogens is 236 g/mol. The molecule has 0 bridgehead atoms. The molecule has 0 aliphatic carbocycles. The number of aliphatic carboxylic acids is 1. The fraction of sp³-hybridized carbons (Fsp3) is 0.833. The zero-order valence-electron chi connectivity index (χ0n) is 11.2. The molecule has 1 aliphatic rings. The number of carbonyl (C=O) groups excluding carboxylic acids is 1. The van der Waals surface area contributed by atoms with E-state index < -0.39 is 11.9 Å². The van der Waals surface area contributed by atoms with E-state index in [-0.39, 0.29) is 24.7 Å². The highest BCUT2D eigenvalue weighted by Gasteiger charge is 2.25. The minimum absolute atomic E-state index is 0.0532. The van der Waals surface area contributed by atoms with Crippen molar-refractivity contribution in [2.24, 2.45) is 5.92 Å². The third kappa shape index (κ3) is 4.18. The van der Waals surface area contributed by atoms with E-state index in [1.165, 1.54) is 4.90 Å². The Bertz CT molecular complexity index is 302. The van der Waals surface area contributed by atoms with Crippen molar-refractivity contribution in [3.63, 3.8) is 0 Å². The van der Waals surface area contributed by atoms with Crippen LogP contribution in [-0.2, 0) is 9.53 Å². The Hall–Kier alpha value is -1.30. The van der Waals surface area contributed by atoms with Gasteiger partial charge in [-0.1, -0.05) is 6.92 Å². The van der Waals surface area contributed by atoms with Crippen molar-refractivity contribution in [2.45, 2.75) is 38.8 Å². The van der Waals surface area contributed by atoms with Gasteiger partial charge in [0.25, 0.3) is 0 Å². The SMILES string of the molecule is CC(CN(C)C(=O)NC(C)C1CCCO1)C(=O)O. The van der Waals surface area contributed by atoms with Crippen LogP contribution in [0, 0.1) is 5.92 Å². The number of ether oxygens (including phenoxy) is 1. The number of urea groups is 1. The standard InChI is InChI=1S/C12H22N2O4/c1-8(11(15)16)7-14(3)12(17)13-9(2)10-5-4-6-18-10/h8-10H,4-7H2,1-3H3,(H,13,17)(H,15,16). The molecule has 3 atom stereocenters. The van der Waals surface area contributed by atoms with Crippen LogP contribution >= 0.6 is 0 Å². The molecule has 2 amide bonds. The topological polar surface area (TPSA) is 78.9 Å². The molecule has 0 aromatic heterocycles. The summed E-state index contributed by atoms with van der Waals surface area (Å²) in [5.41, 5.74) is 0. The lowest BCUT2D eigenvalue weighted by molar-refractivity contribution is -0.141. The zero-order chi connectivity index (χ0) is 13.7. The van der Waals surface area contributed by atoms with Crippen molar-refractivity contribution >= 4 is 12.0 Å². The van der Waals surface area contributed by atoms with Gasteiger partial charge in [0.2, 0.25) is 0 Å². The molecule has 104 valence electrons. The lowest BCUT2D eigenvalue weighted by atomic mass is 10.1. The second-order valence-electron chi connectivity index (χ2n) is 4.91. The maximum Gasteiger partial charge on any atom is 0.317 e. The van der Waals surface area contributed by atoms with Crippen molar-refractivity contribution in [2.75, 3.05) is 20.2 Å². The second kappa shape index (κ2) is 6.58. The number of carboxylic acids is 1. The van der Waals surface area contributed by atoms with Gasteiger partial charge in [0, 0.05) is 20.2 Å². The van der Waals surface area contributed by atoms with Crippen LogP contribution < -0.4 is 5.32 Å². The normalized spacial score (nSPS) is 22.3. The predicted octanol–water partition coefficient (Wildman–Crippen LogP) is 0.916. The van der Waals surface area contributed by atoms with Crippen LogP contribution in [0.5, 0.6) is 0 Å². The average molecular weight is 258 g/mol. The highest BCUT2D eigenvalue weighted by atomic mass is 16.5. The highest BCUT2D eigenvalue weighted by Crippen LogP contribution is 2.15. The van der Waals surface area contributed by atoms with Gasteiger partial charge in [-0.05, 0) is 19.8 Å². The Morgan fingerprint density at radius 1 is 1.50 bits per heavy atom. The molecule has 1 heterocycles. The monoisotopic (exact) mass is 258 g/mol. The number of nitrogens with one attached hydrogen (secondary N) is 1. The molecule has 0 radical (unpaired) electrons. The summed E-state index contributed by atoms with van der Waals surface area (Å²) in [7, 11) is 1.59. The minimum atomic E-state index is -0.901. The van der Waals surface area contributed by atoms with E-state index in [1.54, 1.807) is 14.0 Å². The molecule has 3 unspecified atom stereocenters. The Morgan fingerprint density at radius 2 is 2.17 bits per heavy atom. The first-order valence-corrected chi connectivity index (χ1v) is 6.28. The number of amides is 2. The van der Waals surface area contributed by atoms with Crippen LogP contribution in [0.4, 0.5) is 4.79 Å². The Labute approximate surface area is 107 Å². The van der Waals surface area contributed by atoms with Crippen LogP contribution in [0.15, 0.2) is 0 Å². The molecule has 6 nitrogen and oxygen atoms in total. The fourth-order valence-corrected chi connectivity index (χ4v) is 1.97. The van der Waals surface area contributed by atoms with Gasteiger partial charge in [0.05, 0.1) is 18.1 Å². The minimum Gasteiger partial charge on any atom is -0.481 e. The van der Waals surface area contributed by atoms with E-state index in [0.29, 0.717) is 0 Å². The molecule has 0 aromatic rings. The quantitative estimate of drug-likeness (QED) is 0.768. The number of nitrogens with zero attached hydrogens (tertiary/aromatic N) is 1. The molecule has 6 heteroatoms. The van der Waals surface area contributed by atoms with Crippen molar-refractivity contribution in [1.82, 2.24) is 10.2 Å². The molecule has 0 aromatic carbocycles. The van der Waals surface area contributed by atoms with Gasteiger partial charge in [0.15, 0.2) is 0 Å². The molecule has 1 fully saturated rings. The summed E-state index contributed by atoms with van der Waals surface area (Å²) in [5.74, 6) is -1.47. The number of hydrogen-bond acceptors (Lipinski definition) is 3. The van der Waals surface area contributed by atoms with Crippen molar-refractivity contribution in [3.8, 4) is 0 Å². The van der Waals surface area contributed by atoms with Gasteiger partial charge in [-0.15, -0.1) is 0 Å². The van der Waals surface area contributed by atoms with E-state index in [2.05, 4.69) is 5.32 Å². The average Bonchev–Trinajstić information content (AvgIpc) is 2.81. The largest absolute Gasteiger partial charge is 0.481 e. The lowest BCUT2D eigenvalue weighted by Crippen LogP contribution is -2.48. The van der Waals surface area contributed by atoms with Gasteiger partial charge < -0.3 is 20.1 Å². The van der Waals surface area contributed by atoms with Crippen molar-refractivity contribution in [1.29, 1.82) is 0 Å². The van der Waals surface area contributed by atoms with E-state index >= 15 is 0 Å². The van der Waals surface area contributed by atoms with Gasteiger partial charge in [-0.3, -0.25) is 4.79 Å². The van der Waals surface area contributed by atoms with Gasteiger partial charge in [0.1, 0.15) is 0 Å². The summed E-state index contributed by atoms with van der Waals surface area (Å²) in [4.78, 5) is 23.9.